The summed E-state index contributed by atoms with van der Waals surface area (Å²) in [5.74, 6) is 0.755. The Balaban J connectivity index is 1.46. The largest absolute Gasteiger partial charge is 0.383 e. The van der Waals surface area contributed by atoms with Crippen LogP contribution in [0.1, 0.15) is 29.6 Å². The van der Waals surface area contributed by atoms with Gasteiger partial charge in [-0.25, -0.2) is 9.97 Å². The third kappa shape index (κ3) is 3.16. The van der Waals surface area contributed by atoms with Gasteiger partial charge in [-0.1, -0.05) is 5.16 Å². The Morgan fingerprint density at radius 3 is 2.77 bits per heavy atom. The number of nitrogens with zero attached hydrogens (tertiary/aromatic N) is 5. The average Bonchev–Trinajstić information content (AvgIpc) is 3.32. The maximum absolute atomic E-state index is 12.5. The smallest absolute Gasteiger partial charge is 0.258 e. The van der Waals surface area contributed by atoms with Crippen molar-refractivity contribution in [2.75, 3.05) is 38.3 Å². The van der Waals surface area contributed by atoms with Crippen molar-refractivity contribution in [3.05, 3.63) is 36.5 Å². The number of carbonyl (C=O) groups excluding carboxylic acids is 1. The molecule has 2 saturated heterocycles. The van der Waals surface area contributed by atoms with Crippen LogP contribution in [0.2, 0.25) is 0 Å². The van der Waals surface area contributed by atoms with E-state index in [1.165, 1.54) is 12.5 Å². The number of amides is 1. The van der Waals surface area contributed by atoms with Gasteiger partial charge in [-0.2, -0.15) is 0 Å². The highest BCUT2D eigenvalue weighted by Gasteiger charge is 2.46. The second-order valence-corrected chi connectivity index (χ2v) is 7.20. The van der Waals surface area contributed by atoms with Crippen LogP contribution in [0, 0.1) is 5.41 Å². The molecule has 1 atom stereocenters. The molecule has 138 valence electrons. The summed E-state index contributed by atoms with van der Waals surface area (Å²) >= 11 is 0. The molecule has 2 aliphatic heterocycles. The first-order chi connectivity index (χ1) is 12.7. The molecule has 2 fully saturated rings. The van der Waals surface area contributed by atoms with Crippen molar-refractivity contribution in [1.29, 1.82) is 0 Å². The van der Waals surface area contributed by atoms with Gasteiger partial charge in [0.2, 0.25) is 5.95 Å². The molecule has 8 heteroatoms. The van der Waals surface area contributed by atoms with Gasteiger partial charge in [0.05, 0.1) is 24.4 Å². The molecule has 8 nitrogen and oxygen atoms in total. The lowest BCUT2D eigenvalue weighted by Gasteiger charge is -2.39. The van der Waals surface area contributed by atoms with Crippen LogP contribution < -0.4 is 4.90 Å². The summed E-state index contributed by atoms with van der Waals surface area (Å²) in [6.45, 7) is 3.05. The fourth-order valence-electron chi connectivity index (χ4n) is 4.22. The van der Waals surface area contributed by atoms with Crippen molar-refractivity contribution in [3.8, 4) is 0 Å². The normalized spacial score (nSPS) is 22.1. The molecule has 0 bridgehead atoms. The molecule has 26 heavy (non-hydrogen) atoms. The van der Waals surface area contributed by atoms with Crippen molar-refractivity contribution >= 4 is 11.9 Å². The molecule has 1 amide bonds. The molecule has 0 N–H and O–H groups in total. The standard InChI is InChI=1S/C18H23N5O3/c1-25-12-15-9-18(13-23(15)17-19-5-2-6-20-17)3-7-22(8-4-18)16(24)14-10-21-26-11-14/h2,5-6,10-11,15H,3-4,7-9,12-13H2,1H3. The summed E-state index contributed by atoms with van der Waals surface area (Å²) < 4.78 is 10.2. The van der Waals surface area contributed by atoms with Gasteiger partial charge in [0.1, 0.15) is 6.26 Å². The van der Waals surface area contributed by atoms with Crippen LogP contribution in [0.3, 0.4) is 0 Å². The van der Waals surface area contributed by atoms with Crippen LogP contribution in [-0.4, -0.2) is 65.3 Å². The molecular weight excluding hydrogens is 334 g/mol. The molecule has 2 aromatic rings. The first-order valence-corrected chi connectivity index (χ1v) is 8.92. The zero-order valence-electron chi connectivity index (χ0n) is 14.9. The summed E-state index contributed by atoms with van der Waals surface area (Å²) in [6, 6.07) is 2.10. The fourth-order valence-corrected chi connectivity index (χ4v) is 4.22. The van der Waals surface area contributed by atoms with Gasteiger partial charge in [0.25, 0.3) is 5.91 Å². The van der Waals surface area contributed by atoms with Gasteiger partial charge in [-0.05, 0) is 30.7 Å². The molecular formula is C18H23N5O3. The first-order valence-electron chi connectivity index (χ1n) is 8.92. The van der Waals surface area contributed by atoms with E-state index >= 15 is 0 Å². The fraction of sp³-hybridized carbons (Fsp3) is 0.556. The minimum absolute atomic E-state index is 0.00390. The van der Waals surface area contributed by atoms with Crippen molar-refractivity contribution in [2.45, 2.75) is 25.3 Å². The monoisotopic (exact) mass is 357 g/mol. The highest BCUT2D eigenvalue weighted by Crippen LogP contribution is 2.44. The van der Waals surface area contributed by atoms with Crippen LogP contribution in [-0.2, 0) is 4.74 Å². The number of carbonyl (C=O) groups is 1. The molecule has 4 heterocycles. The molecule has 1 spiro atoms. The number of anilines is 1. The van der Waals surface area contributed by atoms with Crippen molar-refractivity contribution in [2.24, 2.45) is 5.41 Å². The lowest BCUT2D eigenvalue weighted by Crippen LogP contribution is -2.44. The first kappa shape index (κ1) is 17.0. The van der Waals surface area contributed by atoms with Gasteiger partial charge in [-0.3, -0.25) is 4.79 Å². The Morgan fingerprint density at radius 1 is 1.35 bits per heavy atom. The summed E-state index contributed by atoms with van der Waals surface area (Å²) in [7, 11) is 1.73. The predicted molar refractivity (Wildman–Crippen MR) is 93.7 cm³/mol. The zero-order valence-corrected chi connectivity index (χ0v) is 14.9. The second-order valence-electron chi connectivity index (χ2n) is 7.20. The van der Waals surface area contributed by atoms with E-state index in [9.17, 15) is 4.79 Å². The van der Waals surface area contributed by atoms with Crippen LogP contribution >= 0.6 is 0 Å². The van der Waals surface area contributed by atoms with E-state index in [0.717, 1.165) is 44.8 Å². The number of methoxy groups -OCH3 is 1. The maximum atomic E-state index is 12.5. The number of ether oxygens (including phenoxy) is 1. The van der Waals surface area contributed by atoms with E-state index < -0.39 is 0 Å². The van der Waals surface area contributed by atoms with Gasteiger partial charge in [0, 0.05) is 39.1 Å². The highest BCUT2D eigenvalue weighted by atomic mass is 16.5. The zero-order chi connectivity index (χ0) is 18.0. The molecule has 0 saturated carbocycles. The molecule has 0 radical (unpaired) electrons. The van der Waals surface area contributed by atoms with E-state index in [-0.39, 0.29) is 17.4 Å². The molecule has 1 unspecified atom stereocenters. The van der Waals surface area contributed by atoms with Crippen molar-refractivity contribution in [1.82, 2.24) is 20.0 Å². The maximum Gasteiger partial charge on any atom is 0.258 e. The summed E-state index contributed by atoms with van der Waals surface area (Å²) in [6.07, 6.45) is 9.40. The SMILES string of the molecule is COCC1CC2(CCN(C(=O)c3cnoc3)CC2)CN1c1ncccn1. The van der Waals surface area contributed by atoms with E-state index in [2.05, 4.69) is 20.0 Å². The van der Waals surface area contributed by atoms with Gasteiger partial charge < -0.3 is 19.1 Å². The second kappa shape index (κ2) is 7.03. The Hall–Kier alpha value is -2.48. The van der Waals surface area contributed by atoms with Gasteiger partial charge in [-0.15, -0.1) is 0 Å². The third-order valence-corrected chi connectivity index (χ3v) is 5.57. The Kier molecular flexibility index (Phi) is 4.58. The molecule has 2 aromatic heterocycles. The Labute approximate surface area is 152 Å². The van der Waals surface area contributed by atoms with Crippen LogP contribution in [0.25, 0.3) is 0 Å². The van der Waals surface area contributed by atoms with Crippen LogP contribution in [0.15, 0.2) is 35.4 Å². The van der Waals surface area contributed by atoms with Gasteiger partial charge in [0.15, 0.2) is 0 Å². The number of rotatable bonds is 4. The summed E-state index contributed by atoms with van der Waals surface area (Å²) in [5, 5.41) is 3.63. The minimum atomic E-state index is -0.00390. The Morgan fingerprint density at radius 2 is 2.12 bits per heavy atom. The number of aromatic nitrogens is 3. The van der Waals surface area contributed by atoms with Crippen molar-refractivity contribution < 1.29 is 14.1 Å². The van der Waals surface area contributed by atoms with E-state index in [1.807, 2.05) is 11.0 Å². The third-order valence-electron chi connectivity index (χ3n) is 5.57. The molecule has 0 aliphatic carbocycles. The van der Waals surface area contributed by atoms with Gasteiger partial charge >= 0.3 is 0 Å². The Bertz CT molecular complexity index is 729. The average molecular weight is 357 g/mol. The number of likely N-dealkylation sites (tertiary alicyclic amines) is 1. The topological polar surface area (TPSA) is 84.6 Å². The van der Waals surface area contributed by atoms with E-state index in [4.69, 9.17) is 9.26 Å². The van der Waals surface area contributed by atoms with E-state index in [1.54, 1.807) is 19.5 Å². The predicted octanol–water partition coefficient (Wildman–Crippen LogP) is 1.61. The molecule has 4 rings (SSSR count). The van der Waals surface area contributed by atoms with Crippen LogP contribution in [0.4, 0.5) is 5.95 Å². The van der Waals surface area contributed by atoms with Crippen LogP contribution in [0.5, 0.6) is 0 Å². The number of hydrogen-bond acceptors (Lipinski definition) is 7. The lowest BCUT2D eigenvalue weighted by molar-refractivity contribution is 0.0598. The lowest BCUT2D eigenvalue weighted by atomic mass is 9.76. The van der Waals surface area contributed by atoms with Crippen molar-refractivity contribution in [3.63, 3.8) is 0 Å². The summed E-state index contributed by atoms with van der Waals surface area (Å²) in [4.78, 5) is 25.5. The van der Waals surface area contributed by atoms with E-state index in [0.29, 0.717) is 12.2 Å². The number of hydrogen-bond donors (Lipinski definition) is 0. The highest BCUT2D eigenvalue weighted by molar-refractivity contribution is 5.93. The molecule has 0 aromatic carbocycles. The minimum Gasteiger partial charge on any atom is -0.383 e. The number of piperidine rings is 1. The molecule has 2 aliphatic rings. The quantitative estimate of drug-likeness (QED) is 0.822. The summed E-state index contributed by atoms with van der Waals surface area (Å²) in [5.41, 5.74) is 0.692.